The van der Waals surface area contributed by atoms with E-state index in [9.17, 15) is 0 Å². The number of fused-ring (bicyclic) bond motifs is 1. The standard InChI is InChI=1S/C16H20N2O2/c1-19-14-9-11-7-8-17-16(13(11)10-15(14)20-2)18-12-5-3-4-6-12/h7-10,12H,3-6H2,1-2H3,(H,17,18). The Labute approximate surface area is 119 Å². The summed E-state index contributed by atoms with van der Waals surface area (Å²) in [6.07, 6.45) is 6.90. The Morgan fingerprint density at radius 1 is 1.10 bits per heavy atom. The van der Waals surface area contributed by atoms with E-state index in [-0.39, 0.29) is 0 Å². The Morgan fingerprint density at radius 3 is 2.50 bits per heavy atom. The Balaban J connectivity index is 2.03. The summed E-state index contributed by atoms with van der Waals surface area (Å²) in [4.78, 5) is 4.49. The number of rotatable bonds is 4. The van der Waals surface area contributed by atoms with Gasteiger partial charge in [-0.2, -0.15) is 0 Å². The van der Waals surface area contributed by atoms with Gasteiger partial charge in [0.2, 0.25) is 0 Å². The lowest BCUT2D eigenvalue weighted by molar-refractivity contribution is 0.356. The molecular formula is C16H20N2O2. The molecule has 4 heteroatoms. The topological polar surface area (TPSA) is 43.4 Å². The second kappa shape index (κ2) is 5.57. The molecular weight excluding hydrogens is 252 g/mol. The highest BCUT2D eigenvalue weighted by atomic mass is 16.5. The Morgan fingerprint density at radius 2 is 1.80 bits per heavy atom. The molecule has 1 N–H and O–H groups in total. The highest BCUT2D eigenvalue weighted by Crippen LogP contribution is 2.35. The van der Waals surface area contributed by atoms with E-state index in [0.717, 1.165) is 28.1 Å². The molecule has 20 heavy (non-hydrogen) atoms. The third-order valence-electron chi connectivity index (χ3n) is 3.96. The van der Waals surface area contributed by atoms with E-state index in [0.29, 0.717) is 6.04 Å². The van der Waals surface area contributed by atoms with Crippen LogP contribution in [0.3, 0.4) is 0 Å². The van der Waals surface area contributed by atoms with Crippen molar-refractivity contribution in [3.05, 3.63) is 24.4 Å². The van der Waals surface area contributed by atoms with E-state index < -0.39 is 0 Å². The maximum atomic E-state index is 5.39. The van der Waals surface area contributed by atoms with Crippen molar-refractivity contribution in [1.29, 1.82) is 0 Å². The predicted octanol–water partition coefficient (Wildman–Crippen LogP) is 3.61. The van der Waals surface area contributed by atoms with Gasteiger partial charge in [0.1, 0.15) is 5.82 Å². The average Bonchev–Trinajstić information content (AvgIpc) is 2.99. The molecule has 0 radical (unpaired) electrons. The molecule has 2 aromatic rings. The fraction of sp³-hybridized carbons (Fsp3) is 0.438. The van der Waals surface area contributed by atoms with Crippen LogP contribution in [-0.4, -0.2) is 25.2 Å². The zero-order chi connectivity index (χ0) is 13.9. The number of pyridine rings is 1. The van der Waals surface area contributed by atoms with Crippen molar-refractivity contribution in [2.24, 2.45) is 0 Å². The number of ether oxygens (including phenoxy) is 2. The largest absolute Gasteiger partial charge is 0.493 e. The van der Waals surface area contributed by atoms with Gasteiger partial charge in [0.25, 0.3) is 0 Å². The molecule has 1 aliphatic carbocycles. The minimum atomic E-state index is 0.543. The van der Waals surface area contributed by atoms with Crippen molar-refractivity contribution in [2.75, 3.05) is 19.5 Å². The molecule has 1 heterocycles. The van der Waals surface area contributed by atoms with Crippen LogP contribution >= 0.6 is 0 Å². The average molecular weight is 272 g/mol. The zero-order valence-electron chi connectivity index (χ0n) is 12.0. The summed E-state index contributed by atoms with van der Waals surface area (Å²) in [6, 6.07) is 6.53. The molecule has 0 saturated heterocycles. The first-order valence-corrected chi connectivity index (χ1v) is 7.09. The molecule has 0 amide bonds. The van der Waals surface area contributed by atoms with Crippen LogP contribution in [0.4, 0.5) is 5.82 Å². The van der Waals surface area contributed by atoms with Crippen molar-refractivity contribution in [3.8, 4) is 11.5 Å². The first-order chi connectivity index (χ1) is 9.81. The summed E-state index contributed by atoms with van der Waals surface area (Å²) < 4.78 is 10.7. The normalized spacial score (nSPS) is 15.5. The van der Waals surface area contributed by atoms with Gasteiger partial charge in [-0.1, -0.05) is 12.8 Å². The molecule has 1 aromatic carbocycles. The minimum Gasteiger partial charge on any atom is -0.493 e. The van der Waals surface area contributed by atoms with E-state index in [2.05, 4.69) is 10.3 Å². The highest BCUT2D eigenvalue weighted by Gasteiger charge is 2.17. The number of methoxy groups -OCH3 is 2. The molecule has 1 aromatic heterocycles. The second-order valence-corrected chi connectivity index (χ2v) is 5.21. The highest BCUT2D eigenvalue weighted by molar-refractivity contribution is 5.94. The van der Waals surface area contributed by atoms with E-state index in [1.54, 1.807) is 14.2 Å². The van der Waals surface area contributed by atoms with Gasteiger partial charge in [0.15, 0.2) is 11.5 Å². The quantitative estimate of drug-likeness (QED) is 0.923. The van der Waals surface area contributed by atoms with Crippen molar-refractivity contribution in [3.63, 3.8) is 0 Å². The molecule has 0 aliphatic heterocycles. The molecule has 1 saturated carbocycles. The SMILES string of the molecule is COc1cc2ccnc(NC3CCCC3)c2cc1OC. The lowest BCUT2D eigenvalue weighted by atomic mass is 10.1. The molecule has 0 bridgehead atoms. The first kappa shape index (κ1) is 13.0. The van der Waals surface area contributed by atoms with Gasteiger partial charge in [-0.3, -0.25) is 0 Å². The molecule has 106 valence electrons. The second-order valence-electron chi connectivity index (χ2n) is 5.21. The van der Waals surface area contributed by atoms with Gasteiger partial charge in [0.05, 0.1) is 14.2 Å². The third kappa shape index (κ3) is 2.38. The van der Waals surface area contributed by atoms with Gasteiger partial charge in [0, 0.05) is 17.6 Å². The lowest BCUT2D eigenvalue weighted by Crippen LogP contribution is -2.15. The summed E-state index contributed by atoms with van der Waals surface area (Å²) in [5, 5.41) is 5.76. The molecule has 0 unspecified atom stereocenters. The van der Waals surface area contributed by atoms with Crippen LogP contribution < -0.4 is 14.8 Å². The van der Waals surface area contributed by atoms with Crippen molar-refractivity contribution >= 4 is 16.6 Å². The minimum absolute atomic E-state index is 0.543. The molecule has 0 atom stereocenters. The summed E-state index contributed by atoms with van der Waals surface area (Å²) in [6.45, 7) is 0. The van der Waals surface area contributed by atoms with Crippen LogP contribution in [0.5, 0.6) is 11.5 Å². The smallest absolute Gasteiger partial charge is 0.161 e. The van der Waals surface area contributed by atoms with Gasteiger partial charge in [-0.25, -0.2) is 4.98 Å². The van der Waals surface area contributed by atoms with Gasteiger partial charge in [-0.05, 0) is 36.4 Å². The van der Waals surface area contributed by atoms with E-state index in [1.807, 2.05) is 24.4 Å². The molecule has 1 aliphatic rings. The fourth-order valence-electron chi connectivity index (χ4n) is 2.88. The molecule has 1 fully saturated rings. The van der Waals surface area contributed by atoms with Crippen LogP contribution in [0, 0.1) is 0 Å². The fourth-order valence-corrected chi connectivity index (χ4v) is 2.88. The number of benzene rings is 1. The summed E-state index contributed by atoms with van der Waals surface area (Å²) in [5.74, 6) is 2.43. The van der Waals surface area contributed by atoms with Gasteiger partial charge in [-0.15, -0.1) is 0 Å². The van der Waals surface area contributed by atoms with Crippen molar-refractivity contribution in [2.45, 2.75) is 31.7 Å². The number of nitrogens with zero attached hydrogens (tertiary/aromatic N) is 1. The Bertz CT molecular complexity index is 607. The maximum absolute atomic E-state index is 5.39. The van der Waals surface area contributed by atoms with Gasteiger partial charge < -0.3 is 14.8 Å². The van der Waals surface area contributed by atoms with Gasteiger partial charge >= 0.3 is 0 Å². The monoisotopic (exact) mass is 272 g/mol. The van der Waals surface area contributed by atoms with E-state index in [4.69, 9.17) is 9.47 Å². The number of hydrogen-bond acceptors (Lipinski definition) is 4. The number of aromatic nitrogens is 1. The molecule has 3 rings (SSSR count). The van der Waals surface area contributed by atoms with Crippen LogP contribution in [0.15, 0.2) is 24.4 Å². The van der Waals surface area contributed by atoms with Crippen LogP contribution in [0.2, 0.25) is 0 Å². The molecule has 4 nitrogen and oxygen atoms in total. The van der Waals surface area contributed by atoms with Crippen LogP contribution in [0.1, 0.15) is 25.7 Å². The zero-order valence-corrected chi connectivity index (χ0v) is 12.0. The van der Waals surface area contributed by atoms with Crippen LogP contribution in [0.25, 0.3) is 10.8 Å². The van der Waals surface area contributed by atoms with E-state index >= 15 is 0 Å². The third-order valence-corrected chi connectivity index (χ3v) is 3.96. The summed E-state index contributed by atoms with van der Waals surface area (Å²) in [7, 11) is 3.31. The number of anilines is 1. The lowest BCUT2D eigenvalue weighted by Gasteiger charge is -2.16. The van der Waals surface area contributed by atoms with Crippen LogP contribution in [-0.2, 0) is 0 Å². The van der Waals surface area contributed by atoms with E-state index in [1.165, 1.54) is 25.7 Å². The molecule has 0 spiro atoms. The predicted molar refractivity (Wildman–Crippen MR) is 80.7 cm³/mol. The maximum Gasteiger partial charge on any atom is 0.161 e. The van der Waals surface area contributed by atoms with Crippen molar-refractivity contribution in [1.82, 2.24) is 4.98 Å². The Kier molecular flexibility index (Phi) is 3.63. The first-order valence-electron chi connectivity index (χ1n) is 7.09. The summed E-state index contributed by atoms with van der Waals surface area (Å²) in [5.41, 5.74) is 0. The number of hydrogen-bond donors (Lipinski definition) is 1. The number of nitrogens with one attached hydrogen (secondary N) is 1. The Hall–Kier alpha value is -1.97. The summed E-state index contributed by atoms with van der Waals surface area (Å²) >= 11 is 0. The van der Waals surface area contributed by atoms with Crippen molar-refractivity contribution < 1.29 is 9.47 Å².